The number of hydrogen-bond acceptors (Lipinski definition) is 9. The Labute approximate surface area is 299 Å². The van der Waals surface area contributed by atoms with Gasteiger partial charge in [0.25, 0.3) is 0 Å². The summed E-state index contributed by atoms with van der Waals surface area (Å²) in [6.45, 7) is 23.2. The Bertz CT molecular complexity index is 1470. The molecule has 280 valence electrons. The van der Waals surface area contributed by atoms with Gasteiger partial charge in [-0.3, -0.25) is 14.4 Å². The number of rotatable bonds is 6. The van der Waals surface area contributed by atoms with Crippen molar-refractivity contribution in [2.75, 3.05) is 6.61 Å². The zero-order chi connectivity index (χ0) is 37.4. The van der Waals surface area contributed by atoms with Crippen LogP contribution in [-0.2, 0) is 38.1 Å². The molecule has 4 saturated carbocycles. The first-order valence-corrected chi connectivity index (χ1v) is 18.7. The first-order chi connectivity index (χ1) is 23.0. The van der Waals surface area contributed by atoms with E-state index >= 15 is 0 Å². The first-order valence-electron chi connectivity index (χ1n) is 18.7. The van der Waals surface area contributed by atoms with E-state index < -0.39 is 52.5 Å². The number of carbonyl (C=O) groups is 4. The van der Waals surface area contributed by atoms with Gasteiger partial charge in [-0.05, 0) is 92.8 Å². The van der Waals surface area contributed by atoms with E-state index in [0.29, 0.717) is 24.3 Å². The number of aliphatic hydroxyl groups excluding tert-OH is 1. The molecule has 0 aromatic rings. The highest BCUT2D eigenvalue weighted by Crippen LogP contribution is 2.76. The maximum atomic E-state index is 13.5. The van der Waals surface area contributed by atoms with Crippen molar-refractivity contribution in [3.63, 3.8) is 0 Å². The third-order valence-electron chi connectivity index (χ3n) is 15.0. The molecule has 0 aromatic carbocycles. The van der Waals surface area contributed by atoms with Crippen LogP contribution in [0.2, 0.25) is 0 Å². The molecule has 9 heteroatoms. The molecule has 4 fully saturated rings. The third kappa shape index (κ3) is 5.67. The van der Waals surface area contributed by atoms with Crippen LogP contribution in [0.5, 0.6) is 0 Å². The van der Waals surface area contributed by atoms with Gasteiger partial charge in [-0.25, -0.2) is 4.79 Å². The van der Waals surface area contributed by atoms with Crippen molar-refractivity contribution in [3.8, 4) is 0 Å². The Kier molecular flexibility index (Phi) is 9.84. The van der Waals surface area contributed by atoms with Crippen molar-refractivity contribution in [2.24, 2.45) is 50.2 Å². The summed E-state index contributed by atoms with van der Waals surface area (Å²) in [5, 5.41) is 13.0. The molecule has 11 atom stereocenters. The molecule has 5 rings (SSSR count). The second-order valence-electron chi connectivity index (χ2n) is 18.5. The average molecular weight is 699 g/mol. The molecular formula is C41H62O9. The fourth-order valence-corrected chi connectivity index (χ4v) is 12.4. The fraction of sp³-hybridized carbons (Fsp3) is 0.805. The fourth-order valence-electron chi connectivity index (χ4n) is 12.4. The van der Waals surface area contributed by atoms with Crippen LogP contribution in [0.15, 0.2) is 23.3 Å². The van der Waals surface area contributed by atoms with Crippen LogP contribution in [0.4, 0.5) is 0 Å². The van der Waals surface area contributed by atoms with Crippen LogP contribution in [0.1, 0.15) is 128 Å². The second-order valence-corrected chi connectivity index (χ2v) is 18.5. The number of hydrogen-bond donors (Lipinski definition) is 1. The molecule has 5 aliphatic rings. The molecule has 0 aromatic heterocycles. The molecule has 11 unspecified atom stereocenters. The Balaban J connectivity index is 1.71. The van der Waals surface area contributed by atoms with E-state index in [2.05, 4.69) is 54.5 Å². The second kappa shape index (κ2) is 12.8. The van der Waals surface area contributed by atoms with Gasteiger partial charge in [0.1, 0.15) is 31.0 Å². The minimum absolute atomic E-state index is 0.107. The molecule has 0 radical (unpaired) electrons. The average Bonchev–Trinajstić information content (AvgIpc) is 2.99. The molecule has 0 spiro atoms. The monoisotopic (exact) mass is 698 g/mol. The number of esters is 4. The summed E-state index contributed by atoms with van der Waals surface area (Å²) in [6, 6.07) is 0. The lowest BCUT2D eigenvalue weighted by Gasteiger charge is -2.73. The smallest absolute Gasteiger partial charge is 0.333 e. The molecule has 0 amide bonds. The highest BCUT2D eigenvalue weighted by molar-refractivity contribution is 5.87. The number of allylic oxidation sites excluding steroid dienone is 2. The van der Waals surface area contributed by atoms with E-state index in [9.17, 15) is 24.3 Å². The maximum absolute atomic E-state index is 13.5. The van der Waals surface area contributed by atoms with Crippen molar-refractivity contribution < 1.29 is 43.2 Å². The zero-order valence-corrected chi connectivity index (χ0v) is 32.6. The van der Waals surface area contributed by atoms with Gasteiger partial charge in [0.05, 0.1) is 5.41 Å². The van der Waals surface area contributed by atoms with E-state index in [1.165, 1.54) is 20.8 Å². The van der Waals surface area contributed by atoms with Gasteiger partial charge in [0.15, 0.2) is 0 Å². The Morgan fingerprint density at radius 2 is 1.46 bits per heavy atom. The Morgan fingerprint density at radius 1 is 0.820 bits per heavy atom. The SMILES string of the molecule is CC=C(C)C(=O)OC1CC(C)(C)CC2C3=CCC4C5(C)CCC(OC(C)=O)C(C)(C)C5CCC4(C)C3(C)C(OC(C)=O)C(O)C12COC(C)=O. The molecule has 0 saturated heterocycles. The summed E-state index contributed by atoms with van der Waals surface area (Å²) in [5.41, 5.74) is -1.49. The minimum Gasteiger partial charge on any atom is -0.465 e. The molecule has 1 N–H and O–H groups in total. The van der Waals surface area contributed by atoms with Crippen molar-refractivity contribution in [1.29, 1.82) is 0 Å². The third-order valence-corrected chi connectivity index (χ3v) is 15.0. The van der Waals surface area contributed by atoms with Gasteiger partial charge in [-0.15, -0.1) is 0 Å². The topological polar surface area (TPSA) is 125 Å². The van der Waals surface area contributed by atoms with Crippen molar-refractivity contribution >= 4 is 23.9 Å². The van der Waals surface area contributed by atoms with Gasteiger partial charge < -0.3 is 24.1 Å². The predicted octanol–water partition coefficient (Wildman–Crippen LogP) is 7.28. The van der Waals surface area contributed by atoms with Crippen LogP contribution in [-0.4, -0.2) is 60.0 Å². The normalized spacial score (nSPS) is 43.0. The summed E-state index contributed by atoms with van der Waals surface area (Å²) in [6.07, 6.45) is 6.12. The van der Waals surface area contributed by atoms with Gasteiger partial charge in [0, 0.05) is 37.2 Å². The number of carbonyl (C=O) groups excluding carboxylic acids is 4. The van der Waals surface area contributed by atoms with Gasteiger partial charge >= 0.3 is 23.9 Å². The largest absolute Gasteiger partial charge is 0.465 e. The maximum Gasteiger partial charge on any atom is 0.333 e. The van der Waals surface area contributed by atoms with Crippen LogP contribution >= 0.6 is 0 Å². The lowest BCUT2D eigenvalue weighted by atomic mass is 9.32. The van der Waals surface area contributed by atoms with E-state index in [1.807, 2.05) is 0 Å². The highest BCUT2D eigenvalue weighted by Gasteiger charge is 2.76. The van der Waals surface area contributed by atoms with Gasteiger partial charge in [-0.2, -0.15) is 0 Å². The molecule has 50 heavy (non-hydrogen) atoms. The quantitative estimate of drug-likeness (QED) is 0.132. The van der Waals surface area contributed by atoms with Crippen LogP contribution in [0.25, 0.3) is 0 Å². The minimum atomic E-state index is -1.30. The molecule has 0 aliphatic heterocycles. The van der Waals surface area contributed by atoms with Crippen LogP contribution in [0, 0.1) is 50.2 Å². The van der Waals surface area contributed by atoms with E-state index in [1.54, 1.807) is 19.9 Å². The summed E-state index contributed by atoms with van der Waals surface area (Å²) in [5.74, 6) is -1.56. The molecular weight excluding hydrogens is 636 g/mol. The van der Waals surface area contributed by atoms with Crippen LogP contribution < -0.4 is 0 Å². The summed E-state index contributed by atoms with van der Waals surface area (Å²) < 4.78 is 24.4. The molecule has 0 bridgehead atoms. The van der Waals surface area contributed by atoms with E-state index in [0.717, 1.165) is 37.7 Å². The van der Waals surface area contributed by atoms with Crippen molar-refractivity contribution in [2.45, 2.75) is 152 Å². The summed E-state index contributed by atoms with van der Waals surface area (Å²) in [7, 11) is 0. The zero-order valence-electron chi connectivity index (χ0n) is 32.6. The van der Waals surface area contributed by atoms with E-state index in [-0.39, 0.29) is 46.8 Å². The van der Waals surface area contributed by atoms with Gasteiger partial charge in [0.2, 0.25) is 0 Å². The lowest BCUT2D eigenvalue weighted by molar-refractivity contribution is -0.279. The lowest BCUT2D eigenvalue weighted by Crippen LogP contribution is -2.75. The highest BCUT2D eigenvalue weighted by atomic mass is 16.6. The first kappa shape index (κ1) is 38.5. The Morgan fingerprint density at radius 3 is 2.04 bits per heavy atom. The number of aliphatic hydroxyl groups is 1. The predicted molar refractivity (Wildman–Crippen MR) is 188 cm³/mol. The molecule has 9 nitrogen and oxygen atoms in total. The van der Waals surface area contributed by atoms with Gasteiger partial charge in [-0.1, -0.05) is 66.2 Å². The van der Waals surface area contributed by atoms with Crippen LogP contribution in [0.3, 0.4) is 0 Å². The molecule has 0 heterocycles. The standard InChI is InChI=1S/C41H62O9/c1-13-23(2)35(46)50-32-21-36(6,7)20-28-27-14-15-30-38(10)18-17-31(48-25(4)43)37(8,9)29(38)16-19-39(30,11)40(27,12)34(49-26(5)44)33(45)41(28,32)22-47-24(3)42/h13-14,28-34,45H,15-22H2,1-12H3. The summed E-state index contributed by atoms with van der Waals surface area (Å²) in [4.78, 5) is 51.1. The number of fused-ring (bicyclic) bond motifs is 7. The molecule has 5 aliphatic carbocycles. The van der Waals surface area contributed by atoms with E-state index in [4.69, 9.17) is 18.9 Å². The Hall–Kier alpha value is -2.68. The summed E-state index contributed by atoms with van der Waals surface area (Å²) >= 11 is 0. The van der Waals surface area contributed by atoms with Crippen molar-refractivity contribution in [1.82, 2.24) is 0 Å². The van der Waals surface area contributed by atoms with Crippen molar-refractivity contribution in [3.05, 3.63) is 23.3 Å². The number of ether oxygens (including phenoxy) is 4.